The number of fused-ring (bicyclic) bond motifs is 11. The van der Waals surface area contributed by atoms with Gasteiger partial charge in [-0.3, -0.25) is 4.57 Å². The minimum absolute atomic E-state index is 0.562. The molecule has 0 atom stereocenters. The van der Waals surface area contributed by atoms with Crippen molar-refractivity contribution in [2.75, 3.05) is 0 Å². The van der Waals surface area contributed by atoms with Crippen molar-refractivity contribution in [1.82, 2.24) is 29.1 Å². The third kappa shape index (κ3) is 4.92. The summed E-state index contributed by atoms with van der Waals surface area (Å²) >= 11 is 3.51. The van der Waals surface area contributed by atoms with Gasteiger partial charge in [0.05, 0.1) is 38.0 Å². The molecule has 280 valence electrons. The summed E-state index contributed by atoms with van der Waals surface area (Å²) in [6.45, 7) is 0. The number of hydrogen-bond donors (Lipinski definition) is 0. The van der Waals surface area contributed by atoms with Crippen LogP contribution in [0.5, 0.6) is 0 Å². The number of benzene rings is 8. The molecule has 5 heterocycles. The first-order chi connectivity index (χ1) is 29.8. The monoisotopic (exact) mass is 802 g/mol. The Balaban J connectivity index is 1.17. The van der Waals surface area contributed by atoms with Gasteiger partial charge in [-0.15, -0.1) is 22.7 Å². The highest BCUT2D eigenvalue weighted by Gasteiger charge is 2.25. The smallest absolute Gasteiger partial charge is 0.238 e. The first kappa shape index (κ1) is 33.5. The van der Waals surface area contributed by atoms with Crippen LogP contribution in [0.2, 0.25) is 0 Å². The fourth-order valence-corrected chi connectivity index (χ4v) is 11.2. The van der Waals surface area contributed by atoms with Crippen LogP contribution in [0, 0.1) is 0 Å². The van der Waals surface area contributed by atoms with Crippen LogP contribution in [-0.2, 0) is 0 Å². The first-order valence-corrected chi connectivity index (χ1v) is 21.5. The number of para-hydroxylation sites is 4. The molecule has 8 aromatic carbocycles. The molecular weight excluding hydrogens is 773 g/mol. The lowest BCUT2D eigenvalue weighted by Crippen LogP contribution is -2.07. The van der Waals surface area contributed by atoms with Gasteiger partial charge in [0.25, 0.3) is 0 Å². The number of rotatable bonds is 5. The zero-order valence-corrected chi connectivity index (χ0v) is 33.5. The third-order valence-corrected chi connectivity index (χ3v) is 13.9. The molecule has 0 aliphatic carbocycles. The molecule has 0 bridgehead atoms. The normalized spacial score (nSPS) is 12.0. The van der Waals surface area contributed by atoms with Crippen molar-refractivity contribution in [2.45, 2.75) is 0 Å². The molecule has 6 nitrogen and oxygen atoms in total. The van der Waals surface area contributed by atoms with Gasteiger partial charge in [0, 0.05) is 58.4 Å². The van der Waals surface area contributed by atoms with E-state index in [9.17, 15) is 0 Å². The molecule has 0 saturated heterocycles. The Bertz CT molecular complexity index is 3820. The highest BCUT2D eigenvalue weighted by Crippen LogP contribution is 2.44. The maximum Gasteiger partial charge on any atom is 0.238 e. The number of nitrogens with zero attached hydrogens (tertiary/aromatic N) is 6. The van der Waals surface area contributed by atoms with Crippen molar-refractivity contribution < 1.29 is 0 Å². The average molecular weight is 803 g/mol. The minimum Gasteiger partial charge on any atom is -0.306 e. The molecule has 0 spiro atoms. The molecule has 0 amide bonds. The van der Waals surface area contributed by atoms with Crippen molar-refractivity contribution in [1.29, 1.82) is 0 Å². The number of aromatic nitrogens is 6. The van der Waals surface area contributed by atoms with E-state index in [0.717, 1.165) is 75.8 Å². The summed E-state index contributed by atoms with van der Waals surface area (Å²) in [4.78, 5) is 21.3. The zero-order valence-electron chi connectivity index (χ0n) is 31.8. The molecular formula is C52H30N6S2. The maximum absolute atomic E-state index is 5.47. The van der Waals surface area contributed by atoms with Crippen LogP contribution in [0.1, 0.15) is 0 Å². The Labute approximate surface area is 350 Å². The second kappa shape index (κ2) is 13.0. The van der Waals surface area contributed by atoms with Crippen molar-refractivity contribution in [3.63, 3.8) is 0 Å². The fraction of sp³-hybridized carbons (Fsp3) is 0. The van der Waals surface area contributed by atoms with Gasteiger partial charge in [0.2, 0.25) is 5.95 Å². The van der Waals surface area contributed by atoms with Crippen molar-refractivity contribution in [2.24, 2.45) is 0 Å². The minimum atomic E-state index is 0.562. The summed E-state index contributed by atoms with van der Waals surface area (Å²) in [7, 11) is 0. The van der Waals surface area contributed by atoms with E-state index in [1.807, 2.05) is 18.2 Å². The predicted octanol–water partition coefficient (Wildman–Crippen LogP) is 14.0. The molecule has 0 aliphatic heterocycles. The molecule has 0 radical (unpaired) electrons. The summed E-state index contributed by atoms with van der Waals surface area (Å²) in [6.07, 6.45) is 0. The van der Waals surface area contributed by atoms with E-state index in [1.54, 1.807) is 22.7 Å². The molecule has 13 rings (SSSR count). The first-order valence-electron chi connectivity index (χ1n) is 19.9. The lowest BCUT2D eigenvalue weighted by Gasteiger charge is -2.15. The van der Waals surface area contributed by atoms with Gasteiger partial charge in [-0.25, -0.2) is 9.97 Å². The SMILES string of the molecule is c1ccc(-c2nc(-c3cccc4c3sc3ccccc34)nc(-n3c4ccccc4c4ccc5c6ccccc6n(-c6ccccc6-c6nc7ccccc7s6)c5c43)n2)cc1. The van der Waals surface area contributed by atoms with Crippen molar-refractivity contribution in [3.05, 3.63) is 182 Å². The molecule has 5 aromatic heterocycles. The van der Waals surface area contributed by atoms with E-state index in [-0.39, 0.29) is 0 Å². The van der Waals surface area contributed by atoms with Crippen LogP contribution < -0.4 is 0 Å². The van der Waals surface area contributed by atoms with Crippen LogP contribution in [0.4, 0.5) is 0 Å². The molecule has 0 aliphatic rings. The van der Waals surface area contributed by atoms with Gasteiger partial charge in [0.15, 0.2) is 11.6 Å². The summed E-state index contributed by atoms with van der Waals surface area (Å²) in [5.74, 6) is 1.82. The number of thiazole rings is 1. The van der Waals surface area contributed by atoms with Crippen LogP contribution in [0.25, 0.3) is 119 Å². The van der Waals surface area contributed by atoms with E-state index in [2.05, 4.69) is 173 Å². The molecule has 0 N–H and O–H groups in total. The van der Waals surface area contributed by atoms with E-state index in [0.29, 0.717) is 17.6 Å². The van der Waals surface area contributed by atoms with Crippen LogP contribution in [0.3, 0.4) is 0 Å². The van der Waals surface area contributed by atoms with Gasteiger partial charge in [0.1, 0.15) is 5.01 Å². The topological polar surface area (TPSA) is 61.4 Å². The Morgan fingerprint density at radius 3 is 1.77 bits per heavy atom. The molecule has 0 fully saturated rings. The Hall–Kier alpha value is -7.52. The Morgan fingerprint density at radius 2 is 0.967 bits per heavy atom. The third-order valence-electron chi connectivity index (χ3n) is 11.6. The highest BCUT2D eigenvalue weighted by molar-refractivity contribution is 7.26. The molecule has 0 saturated carbocycles. The van der Waals surface area contributed by atoms with E-state index >= 15 is 0 Å². The second-order valence-corrected chi connectivity index (χ2v) is 17.1. The predicted molar refractivity (Wildman–Crippen MR) is 251 cm³/mol. The lowest BCUT2D eigenvalue weighted by molar-refractivity contribution is 0.954. The van der Waals surface area contributed by atoms with E-state index < -0.39 is 0 Å². The summed E-state index contributed by atoms with van der Waals surface area (Å²) in [6, 6.07) is 64.2. The maximum atomic E-state index is 5.47. The molecule has 13 aromatic rings. The van der Waals surface area contributed by atoms with E-state index in [1.165, 1.54) is 25.6 Å². The summed E-state index contributed by atoms with van der Waals surface area (Å²) < 4.78 is 8.26. The summed E-state index contributed by atoms with van der Waals surface area (Å²) in [5, 5.41) is 7.98. The van der Waals surface area contributed by atoms with Gasteiger partial charge in [-0.05, 0) is 48.5 Å². The number of hydrogen-bond acceptors (Lipinski definition) is 6. The summed E-state index contributed by atoms with van der Waals surface area (Å²) in [5.41, 5.74) is 9.29. The Kier molecular flexibility index (Phi) is 7.24. The lowest BCUT2D eigenvalue weighted by atomic mass is 10.1. The van der Waals surface area contributed by atoms with Crippen LogP contribution in [-0.4, -0.2) is 29.1 Å². The average Bonchev–Trinajstić information content (AvgIpc) is 4.08. The van der Waals surface area contributed by atoms with Gasteiger partial charge in [-0.1, -0.05) is 133 Å². The largest absolute Gasteiger partial charge is 0.306 e. The van der Waals surface area contributed by atoms with Crippen molar-refractivity contribution >= 4 is 96.7 Å². The van der Waals surface area contributed by atoms with Gasteiger partial charge >= 0.3 is 0 Å². The highest BCUT2D eigenvalue weighted by atomic mass is 32.1. The van der Waals surface area contributed by atoms with Crippen LogP contribution in [0.15, 0.2) is 182 Å². The van der Waals surface area contributed by atoms with Gasteiger partial charge < -0.3 is 4.57 Å². The van der Waals surface area contributed by atoms with Crippen molar-refractivity contribution in [3.8, 4) is 45.0 Å². The van der Waals surface area contributed by atoms with Crippen LogP contribution >= 0.6 is 22.7 Å². The number of thiophene rings is 1. The fourth-order valence-electron chi connectivity index (χ4n) is 9.02. The Morgan fingerprint density at radius 1 is 0.367 bits per heavy atom. The molecule has 8 heteroatoms. The molecule has 60 heavy (non-hydrogen) atoms. The van der Waals surface area contributed by atoms with Gasteiger partial charge in [-0.2, -0.15) is 9.97 Å². The standard InChI is InChI=1S/C52H30N6S2/c1-2-15-31(16-3-1)49-54-50(39-22-14-21-37-34-19-7-12-27-44(34)59-48(37)39)56-52(55-49)58-42-25-10-5-18-33(42)36-30-29-35-32-17-4-9-24-41(32)57(46(35)47(36)58)43-26-11-6-20-38(43)51-53-40-23-8-13-28-45(40)60-51/h1-30H. The molecule has 0 unspecified atom stereocenters. The zero-order chi connectivity index (χ0) is 39.3. The van der Waals surface area contributed by atoms with E-state index in [4.69, 9.17) is 19.9 Å². The quantitative estimate of drug-likeness (QED) is 0.174. The second-order valence-electron chi connectivity index (χ2n) is 15.0.